The molecule has 2 aliphatic heterocycles. The molecule has 0 aromatic carbocycles. The molecule has 2 fully saturated rings. The molecule has 0 bridgehead atoms. The zero-order chi connectivity index (χ0) is 21.2. The van der Waals surface area contributed by atoms with E-state index < -0.39 is 23.4 Å². The van der Waals surface area contributed by atoms with Crippen LogP contribution in [-0.4, -0.2) is 66.6 Å². The first-order valence-corrected chi connectivity index (χ1v) is 9.34. The van der Waals surface area contributed by atoms with Crippen molar-refractivity contribution in [2.75, 3.05) is 38.1 Å². The first kappa shape index (κ1) is 21.1. The van der Waals surface area contributed by atoms with Crippen molar-refractivity contribution in [2.45, 2.75) is 31.2 Å². The normalized spacial score (nSPS) is 19.6. The number of rotatable bonds is 5. The topological polar surface area (TPSA) is 99.3 Å². The number of piperidine rings is 1. The molecule has 156 valence electrons. The summed E-state index contributed by atoms with van der Waals surface area (Å²) >= 11 is 0. The SMILES string of the molecule is CN1CCC(N/C=C(\C=N)c2cc(C(F)(F)F)c(C#N)c(N3CC(O)C3)n2)CC1. The molecule has 0 radical (unpaired) electrons. The van der Waals surface area contributed by atoms with Gasteiger partial charge in [0.15, 0.2) is 0 Å². The van der Waals surface area contributed by atoms with Crippen LogP contribution < -0.4 is 10.2 Å². The smallest absolute Gasteiger partial charge is 0.389 e. The van der Waals surface area contributed by atoms with Crippen LogP contribution in [0.2, 0.25) is 0 Å². The van der Waals surface area contributed by atoms with Crippen LogP contribution in [0.3, 0.4) is 0 Å². The summed E-state index contributed by atoms with van der Waals surface area (Å²) in [7, 11) is 2.03. The Morgan fingerprint density at radius 2 is 2.03 bits per heavy atom. The number of halogens is 3. The summed E-state index contributed by atoms with van der Waals surface area (Å²) in [5.41, 5.74) is -1.50. The summed E-state index contributed by atoms with van der Waals surface area (Å²) < 4.78 is 40.8. The van der Waals surface area contributed by atoms with Crippen LogP contribution in [0.15, 0.2) is 12.3 Å². The van der Waals surface area contributed by atoms with Gasteiger partial charge < -0.3 is 25.6 Å². The van der Waals surface area contributed by atoms with Gasteiger partial charge in [-0.2, -0.15) is 18.4 Å². The van der Waals surface area contributed by atoms with Gasteiger partial charge in [-0.1, -0.05) is 0 Å². The average Bonchev–Trinajstić information content (AvgIpc) is 2.66. The molecule has 0 spiro atoms. The minimum absolute atomic E-state index is 0.0388. The van der Waals surface area contributed by atoms with E-state index in [0.717, 1.165) is 38.2 Å². The van der Waals surface area contributed by atoms with Crippen molar-refractivity contribution < 1.29 is 18.3 Å². The van der Waals surface area contributed by atoms with E-state index in [1.165, 1.54) is 11.1 Å². The number of alkyl halides is 3. The Bertz CT molecular complexity index is 834. The molecular weight excluding hydrogens is 385 g/mol. The number of aliphatic hydroxyl groups excluding tert-OH is 1. The highest BCUT2D eigenvalue weighted by atomic mass is 19.4. The highest BCUT2D eigenvalue weighted by molar-refractivity contribution is 6.07. The Kier molecular flexibility index (Phi) is 6.10. The molecule has 1 aromatic heterocycles. The van der Waals surface area contributed by atoms with Crippen molar-refractivity contribution in [1.82, 2.24) is 15.2 Å². The minimum Gasteiger partial charge on any atom is -0.389 e. The number of aliphatic hydroxyl groups is 1. The van der Waals surface area contributed by atoms with Crippen LogP contribution in [0.25, 0.3) is 5.57 Å². The van der Waals surface area contributed by atoms with E-state index in [1.54, 1.807) is 6.07 Å². The zero-order valence-electron chi connectivity index (χ0n) is 16.0. The molecule has 0 saturated carbocycles. The monoisotopic (exact) mass is 408 g/mol. The quantitative estimate of drug-likeness (QED) is 0.643. The lowest BCUT2D eigenvalue weighted by atomic mass is 10.0. The second-order valence-corrected chi connectivity index (χ2v) is 7.41. The summed E-state index contributed by atoms with van der Waals surface area (Å²) in [5.74, 6) is -0.116. The van der Waals surface area contributed by atoms with Gasteiger partial charge in [0.2, 0.25) is 0 Å². The Balaban J connectivity index is 1.96. The van der Waals surface area contributed by atoms with Gasteiger partial charge in [-0.3, -0.25) is 0 Å². The number of β-amino-alcohol motifs (C(OH)–C–C–N with tert-alkyl or cyclic N) is 1. The van der Waals surface area contributed by atoms with Crippen molar-refractivity contribution in [3.05, 3.63) is 29.1 Å². The molecule has 0 amide bonds. The summed E-state index contributed by atoms with van der Waals surface area (Å²) in [6, 6.07) is 2.59. The Morgan fingerprint density at radius 3 is 2.55 bits per heavy atom. The van der Waals surface area contributed by atoms with E-state index in [4.69, 9.17) is 5.41 Å². The first-order valence-electron chi connectivity index (χ1n) is 9.34. The summed E-state index contributed by atoms with van der Waals surface area (Å²) in [6.07, 6.45) is -1.15. The van der Waals surface area contributed by atoms with Gasteiger partial charge in [0.05, 0.1) is 17.4 Å². The molecule has 3 heterocycles. The molecule has 3 N–H and O–H groups in total. The lowest BCUT2D eigenvalue weighted by Gasteiger charge is -2.37. The van der Waals surface area contributed by atoms with E-state index in [0.29, 0.717) is 0 Å². The van der Waals surface area contributed by atoms with Crippen molar-refractivity contribution in [1.29, 1.82) is 10.7 Å². The van der Waals surface area contributed by atoms with Crippen LogP contribution in [0, 0.1) is 16.7 Å². The molecule has 10 heteroatoms. The first-order chi connectivity index (χ1) is 13.7. The third-order valence-electron chi connectivity index (χ3n) is 5.22. The number of nitriles is 1. The van der Waals surface area contributed by atoms with Crippen LogP contribution in [0.4, 0.5) is 19.0 Å². The molecule has 0 atom stereocenters. The molecule has 0 unspecified atom stereocenters. The maximum Gasteiger partial charge on any atom is 0.417 e. The molecule has 3 rings (SSSR count). The number of hydrogen-bond donors (Lipinski definition) is 3. The number of anilines is 1. The van der Waals surface area contributed by atoms with E-state index in [-0.39, 0.29) is 36.2 Å². The minimum atomic E-state index is -4.74. The van der Waals surface area contributed by atoms with E-state index in [9.17, 15) is 23.5 Å². The number of hydrogen-bond acceptors (Lipinski definition) is 7. The Hall–Kier alpha value is -2.64. The fraction of sp³-hybridized carbons (Fsp3) is 0.526. The zero-order valence-corrected chi connectivity index (χ0v) is 16.0. The summed E-state index contributed by atoms with van der Waals surface area (Å²) in [5, 5.41) is 29.7. The molecule has 1 aromatic rings. The molecule has 2 aliphatic rings. The molecule has 29 heavy (non-hydrogen) atoms. The molecule has 0 aliphatic carbocycles. The third kappa shape index (κ3) is 4.68. The van der Waals surface area contributed by atoms with Gasteiger partial charge >= 0.3 is 6.18 Å². The predicted molar refractivity (Wildman–Crippen MR) is 103 cm³/mol. The molecular formula is C19H23F3N6O. The lowest BCUT2D eigenvalue weighted by molar-refractivity contribution is -0.137. The largest absolute Gasteiger partial charge is 0.417 e. The van der Waals surface area contributed by atoms with Crippen molar-refractivity contribution in [3.63, 3.8) is 0 Å². The van der Waals surface area contributed by atoms with Crippen LogP contribution in [0.1, 0.15) is 29.7 Å². The Morgan fingerprint density at radius 1 is 1.38 bits per heavy atom. The highest BCUT2D eigenvalue weighted by Crippen LogP contribution is 2.37. The Labute approximate surface area is 166 Å². The fourth-order valence-corrected chi connectivity index (χ4v) is 3.44. The second-order valence-electron chi connectivity index (χ2n) is 7.41. The van der Waals surface area contributed by atoms with Crippen LogP contribution in [0.5, 0.6) is 0 Å². The predicted octanol–water partition coefficient (Wildman–Crippen LogP) is 1.83. The lowest BCUT2D eigenvalue weighted by Crippen LogP contribution is -2.51. The van der Waals surface area contributed by atoms with Crippen molar-refractivity contribution >= 4 is 17.6 Å². The highest BCUT2D eigenvalue weighted by Gasteiger charge is 2.38. The van der Waals surface area contributed by atoms with Gasteiger partial charge in [0, 0.05) is 37.1 Å². The molecule has 7 nitrogen and oxygen atoms in total. The van der Waals surface area contributed by atoms with E-state index in [2.05, 4.69) is 15.2 Å². The maximum absolute atomic E-state index is 13.6. The maximum atomic E-state index is 13.6. The number of aromatic nitrogens is 1. The van der Waals surface area contributed by atoms with Crippen molar-refractivity contribution in [3.8, 4) is 6.07 Å². The van der Waals surface area contributed by atoms with Gasteiger partial charge in [-0.25, -0.2) is 4.98 Å². The van der Waals surface area contributed by atoms with Crippen molar-refractivity contribution in [2.24, 2.45) is 0 Å². The van der Waals surface area contributed by atoms with Gasteiger partial charge in [0.25, 0.3) is 0 Å². The third-order valence-corrected chi connectivity index (χ3v) is 5.22. The number of pyridine rings is 1. The summed E-state index contributed by atoms with van der Waals surface area (Å²) in [6.45, 7) is 2.06. The average molecular weight is 408 g/mol. The van der Waals surface area contributed by atoms with E-state index >= 15 is 0 Å². The van der Waals surface area contributed by atoms with Gasteiger partial charge in [-0.15, -0.1) is 0 Å². The fourth-order valence-electron chi connectivity index (χ4n) is 3.44. The summed E-state index contributed by atoms with van der Waals surface area (Å²) in [4.78, 5) is 7.88. The number of nitrogens with zero attached hydrogens (tertiary/aromatic N) is 4. The number of allylic oxidation sites excluding steroid dienone is 1. The number of nitrogens with one attached hydrogen (secondary N) is 2. The van der Waals surface area contributed by atoms with Crippen LogP contribution in [-0.2, 0) is 6.18 Å². The second kappa shape index (κ2) is 8.39. The van der Waals surface area contributed by atoms with Gasteiger partial charge in [-0.05, 0) is 39.0 Å². The van der Waals surface area contributed by atoms with Crippen LogP contribution >= 0.6 is 0 Å². The standard InChI is InChI=1S/C19H23F3N6O/c1-27-4-2-13(3-5-27)25-9-12(7-23)17-6-16(19(20,21)22)15(8-24)18(26-17)28-10-14(29)11-28/h6-7,9,13-14,23,25,29H,2-5,10-11H2,1H3/b12-9+,23-7?. The number of likely N-dealkylation sites (tertiary alicyclic amines) is 1. The molecule has 2 saturated heterocycles. The van der Waals surface area contributed by atoms with Gasteiger partial charge in [0.1, 0.15) is 17.5 Å². The van der Waals surface area contributed by atoms with E-state index in [1.807, 2.05) is 7.05 Å².